The van der Waals surface area contributed by atoms with Gasteiger partial charge in [-0.1, -0.05) is 31.5 Å². The zero-order valence-electron chi connectivity index (χ0n) is 23.1. The number of alkyl halides is 6. The molecular formula is C30H33F6NO3. The molecule has 2 aromatic rings. The number of benzene rings is 2. The van der Waals surface area contributed by atoms with E-state index in [1.165, 1.54) is 18.1 Å². The van der Waals surface area contributed by atoms with E-state index in [1.807, 2.05) is 0 Å². The van der Waals surface area contributed by atoms with Gasteiger partial charge in [0.05, 0.1) is 23.8 Å². The highest BCUT2D eigenvalue weighted by Crippen LogP contribution is 2.45. The van der Waals surface area contributed by atoms with Crippen LogP contribution in [-0.2, 0) is 28.4 Å². The minimum atomic E-state index is -4.54. The summed E-state index contributed by atoms with van der Waals surface area (Å²) in [5.74, 6) is 0. The summed E-state index contributed by atoms with van der Waals surface area (Å²) in [4.78, 5) is 14.5. The normalized spacial score (nSPS) is 21.7. The summed E-state index contributed by atoms with van der Waals surface area (Å²) >= 11 is 0. The molecule has 0 radical (unpaired) electrons. The number of halogens is 6. The number of rotatable bonds is 6. The topological polar surface area (TPSA) is 38.8 Å². The fourth-order valence-electron chi connectivity index (χ4n) is 5.73. The first kappa shape index (κ1) is 30.0. The van der Waals surface area contributed by atoms with Gasteiger partial charge in [-0.2, -0.15) is 26.3 Å². The third-order valence-electron chi connectivity index (χ3n) is 7.74. The fourth-order valence-corrected chi connectivity index (χ4v) is 5.73. The van der Waals surface area contributed by atoms with Crippen molar-refractivity contribution in [3.05, 3.63) is 75.4 Å². The van der Waals surface area contributed by atoms with Crippen molar-refractivity contribution >= 4 is 11.7 Å². The van der Waals surface area contributed by atoms with Crippen molar-refractivity contribution in [2.75, 3.05) is 13.7 Å². The van der Waals surface area contributed by atoms with Crippen LogP contribution in [0, 0.1) is 12.3 Å². The second-order valence-electron chi connectivity index (χ2n) is 11.5. The van der Waals surface area contributed by atoms with Gasteiger partial charge in [-0.3, -0.25) is 4.90 Å². The molecule has 1 aliphatic carbocycles. The predicted molar refractivity (Wildman–Crippen MR) is 138 cm³/mol. The Bertz CT molecular complexity index is 1310. The van der Waals surface area contributed by atoms with E-state index in [0.29, 0.717) is 29.5 Å². The Morgan fingerprint density at radius 1 is 1.02 bits per heavy atom. The van der Waals surface area contributed by atoms with Crippen molar-refractivity contribution in [2.45, 2.75) is 78.1 Å². The van der Waals surface area contributed by atoms with Crippen molar-refractivity contribution < 1.29 is 40.6 Å². The molecule has 0 bridgehead atoms. The number of cyclic esters (lactones) is 1. The number of aryl methyl sites for hydroxylation is 1. The standard InChI is InChI=1S/C30H33F6NO3/c1-17-10-19(12-23(11-17)30(34,35)36)26-18(2)37(27(38)40-26)15-21-14-28(3,4)9-8-25(21)24-7-6-22(29(31,32)33)13-20(24)16-39-5/h6-7,10-13,18,26H,8-9,14-16H2,1-5H3/t18-,26-/m0/s1. The molecule has 40 heavy (non-hydrogen) atoms. The third-order valence-corrected chi connectivity index (χ3v) is 7.74. The molecule has 0 spiro atoms. The average molecular weight is 570 g/mol. The number of nitrogens with zero attached hydrogens (tertiary/aromatic N) is 1. The molecule has 10 heteroatoms. The molecule has 4 rings (SSSR count). The molecule has 1 amide bonds. The maximum absolute atomic E-state index is 13.5. The van der Waals surface area contributed by atoms with Crippen LogP contribution in [0.3, 0.4) is 0 Å². The first-order chi connectivity index (χ1) is 18.5. The summed E-state index contributed by atoms with van der Waals surface area (Å²) in [5, 5.41) is 0. The monoisotopic (exact) mass is 569 g/mol. The molecular weight excluding hydrogens is 536 g/mol. The Kier molecular flexibility index (Phi) is 8.06. The molecule has 1 fully saturated rings. The molecule has 0 aromatic heterocycles. The molecule has 1 saturated heterocycles. The van der Waals surface area contributed by atoms with Crippen LogP contribution in [0.2, 0.25) is 0 Å². The van der Waals surface area contributed by atoms with Gasteiger partial charge in [0.25, 0.3) is 0 Å². The summed E-state index contributed by atoms with van der Waals surface area (Å²) in [6.45, 7) is 7.60. The molecule has 2 atom stereocenters. The number of allylic oxidation sites excluding steroid dienone is 1. The van der Waals surface area contributed by atoms with Gasteiger partial charge in [-0.15, -0.1) is 0 Å². The van der Waals surface area contributed by atoms with Crippen LogP contribution in [0.4, 0.5) is 31.1 Å². The van der Waals surface area contributed by atoms with E-state index >= 15 is 0 Å². The van der Waals surface area contributed by atoms with Crippen molar-refractivity contribution in [3.63, 3.8) is 0 Å². The Morgan fingerprint density at radius 3 is 2.33 bits per heavy atom. The van der Waals surface area contributed by atoms with Gasteiger partial charge < -0.3 is 9.47 Å². The summed E-state index contributed by atoms with van der Waals surface area (Å²) < 4.78 is 91.5. The SMILES string of the molecule is COCc1cc(C(F)(F)F)ccc1C1=C(CN2C(=O)O[C@H](c3cc(C)cc(C(F)(F)F)c3)[C@@H]2C)CC(C)(C)CC1. The van der Waals surface area contributed by atoms with Crippen LogP contribution < -0.4 is 0 Å². The molecule has 1 heterocycles. The van der Waals surface area contributed by atoms with E-state index < -0.39 is 41.7 Å². The largest absolute Gasteiger partial charge is 0.439 e. The van der Waals surface area contributed by atoms with E-state index in [-0.39, 0.29) is 24.1 Å². The number of amides is 1. The lowest BCUT2D eigenvalue weighted by Gasteiger charge is -2.36. The second kappa shape index (κ2) is 10.8. The van der Waals surface area contributed by atoms with Crippen LogP contribution in [0.5, 0.6) is 0 Å². The maximum Gasteiger partial charge on any atom is 0.416 e. The van der Waals surface area contributed by atoms with Crippen molar-refractivity contribution in [1.29, 1.82) is 0 Å². The highest BCUT2D eigenvalue weighted by molar-refractivity contribution is 5.76. The van der Waals surface area contributed by atoms with E-state index in [1.54, 1.807) is 19.9 Å². The number of methoxy groups -OCH3 is 1. The summed E-state index contributed by atoms with van der Waals surface area (Å²) in [6, 6.07) is 6.69. The van der Waals surface area contributed by atoms with Gasteiger partial charge in [0.15, 0.2) is 0 Å². The average Bonchev–Trinajstić information content (AvgIpc) is 3.11. The maximum atomic E-state index is 13.5. The summed E-state index contributed by atoms with van der Waals surface area (Å²) in [5.41, 5.74) is 1.77. The minimum Gasteiger partial charge on any atom is -0.439 e. The molecule has 2 aliphatic rings. The number of hydrogen-bond acceptors (Lipinski definition) is 3. The Hall–Kier alpha value is -3.01. The first-order valence-corrected chi connectivity index (χ1v) is 13.1. The number of carbonyl (C=O) groups is 1. The van der Waals surface area contributed by atoms with E-state index in [9.17, 15) is 31.1 Å². The molecule has 0 N–H and O–H groups in total. The van der Waals surface area contributed by atoms with E-state index in [0.717, 1.165) is 41.8 Å². The minimum absolute atomic E-state index is 0.0153. The Labute approximate surface area is 229 Å². The van der Waals surface area contributed by atoms with Crippen molar-refractivity contribution in [3.8, 4) is 0 Å². The van der Waals surface area contributed by atoms with Gasteiger partial charge in [0.1, 0.15) is 6.10 Å². The van der Waals surface area contributed by atoms with Gasteiger partial charge in [-0.05, 0) is 90.6 Å². The Balaban J connectivity index is 1.72. The first-order valence-electron chi connectivity index (χ1n) is 13.1. The molecule has 218 valence electrons. The fraction of sp³-hybridized carbons (Fsp3) is 0.500. The van der Waals surface area contributed by atoms with Crippen LogP contribution in [0.25, 0.3) is 5.57 Å². The third kappa shape index (κ3) is 6.32. The number of carbonyl (C=O) groups excluding carboxylic acids is 1. The van der Waals surface area contributed by atoms with Crippen LogP contribution >= 0.6 is 0 Å². The highest BCUT2D eigenvalue weighted by Gasteiger charge is 2.42. The van der Waals surface area contributed by atoms with E-state index in [2.05, 4.69) is 13.8 Å². The zero-order valence-corrected chi connectivity index (χ0v) is 23.1. The molecule has 2 aromatic carbocycles. The number of hydrogen-bond donors (Lipinski definition) is 0. The lowest BCUT2D eigenvalue weighted by atomic mass is 9.72. The van der Waals surface area contributed by atoms with Gasteiger partial charge in [0, 0.05) is 13.7 Å². The van der Waals surface area contributed by atoms with E-state index in [4.69, 9.17) is 9.47 Å². The van der Waals surface area contributed by atoms with Crippen LogP contribution in [-0.4, -0.2) is 30.7 Å². The zero-order chi connectivity index (χ0) is 29.6. The quantitative estimate of drug-likeness (QED) is 0.327. The van der Waals surface area contributed by atoms with Crippen LogP contribution in [0.15, 0.2) is 42.0 Å². The van der Waals surface area contributed by atoms with Crippen molar-refractivity contribution in [2.24, 2.45) is 5.41 Å². The smallest absolute Gasteiger partial charge is 0.416 e. The van der Waals surface area contributed by atoms with Gasteiger partial charge in [0.2, 0.25) is 0 Å². The molecule has 0 saturated carbocycles. The second-order valence-corrected chi connectivity index (χ2v) is 11.5. The summed E-state index contributed by atoms with van der Waals surface area (Å²) in [6.07, 6.45) is -8.60. The number of ether oxygens (including phenoxy) is 2. The van der Waals surface area contributed by atoms with Gasteiger partial charge in [-0.25, -0.2) is 4.79 Å². The summed E-state index contributed by atoms with van der Waals surface area (Å²) in [7, 11) is 1.42. The molecule has 1 aliphatic heterocycles. The molecule has 4 nitrogen and oxygen atoms in total. The van der Waals surface area contributed by atoms with Crippen LogP contribution in [0.1, 0.15) is 79.5 Å². The van der Waals surface area contributed by atoms with Gasteiger partial charge >= 0.3 is 18.4 Å². The lowest BCUT2D eigenvalue weighted by Crippen LogP contribution is -2.35. The molecule has 0 unspecified atom stereocenters. The lowest BCUT2D eigenvalue weighted by molar-refractivity contribution is -0.138. The van der Waals surface area contributed by atoms with Crippen molar-refractivity contribution in [1.82, 2.24) is 4.90 Å². The highest BCUT2D eigenvalue weighted by atomic mass is 19.4. The Morgan fingerprint density at radius 2 is 1.70 bits per heavy atom. The predicted octanol–water partition coefficient (Wildman–Crippen LogP) is 8.72.